The summed E-state index contributed by atoms with van der Waals surface area (Å²) in [5.41, 5.74) is 0. The summed E-state index contributed by atoms with van der Waals surface area (Å²) in [6.07, 6.45) is 5.32. The maximum absolute atomic E-state index is 12.2. The number of carbonyl (C=O) groups is 1. The van der Waals surface area contributed by atoms with Crippen molar-refractivity contribution < 1.29 is 9.53 Å². The number of nitrogens with one attached hydrogen (secondary N) is 1. The second-order valence-corrected chi connectivity index (χ2v) is 5.46. The third-order valence-electron chi connectivity index (χ3n) is 4.10. The first kappa shape index (κ1) is 13.8. The molecular formula is C14H26N2O2. The molecule has 2 heterocycles. The maximum atomic E-state index is 12.2. The summed E-state index contributed by atoms with van der Waals surface area (Å²) in [6, 6.07) is 0. The van der Waals surface area contributed by atoms with Crippen molar-refractivity contribution in [2.24, 2.45) is 5.92 Å². The Balaban J connectivity index is 1.76. The van der Waals surface area contributed by atoms with Gasteiger partial charge in [0.15, 0.2) is 0 Å². The Morgan fingerprint density at radius 3 is 2.72 bits per heavy atom. The van der Waals surface area contributed by atoms with Gasteiger partial charge in [0, 0.05) is 19.7 Å². The SMILES string of the molecule is CCN(CC1CCNCC1)C(=O)CC1CCCO1. The van der Waals surface area contributed by atoms with E-state index in [1.807, 2.05) is 4.90 Å². The van der Waals surface area contributed by atoms with Gasteiger partial charge in [-0.05, 0) is 51.6 Å². The number of carbonyl (C=O) groups excluding carboxylic acids is 1. The van der Waals surface area contributed by atoms with Gasteiger partial charge in [0.05, 0.1) is 12.5 Å². The van der Waals surface area contributed by atoms with Crippen LogP contribution in [0, 0.1) is 5.92 Å². The van der Waals surface area contributed by atoms with E-state index in [9.17, 15) is 4.79 Å². The average molecular weight is 254 g/mol. The first-order valence-electron chi connectivity index (χ1n) is 7.39. The molecule has 2 fully saturated rings. The van der Waals surface area contributed by atoms with Crippen molar-refractivity contribution in [2.45, 2.75) is 45.1 Å². The van der Waals surface area contributed by atoms with Crippen molar-refractivity contribution in [3.8, 4) is 0 Å². The smallest absolute Gasteiger partial charge is 0.225 e. The fourth-order valence-electron chi connectivity index (χ4n) is 2.91. The summed E-state index contributed by atoms with van der Waals surface area (Å²) in [5, 5.41) is 3.37. The number of nitrogens with zero attached hydrogens (tertiary/aromatic N) is 1. The number of piperidine rings is 1. The zero-order chi connectivity index (χ0) is 12.8. The van der Waals surface area contributed by atoms with E-state index in [1.165, 1.54) is 12.8 Å². The molecule has 4 heteroatoms. The number of amides is 1. The van der Waals surface area contributed by atoms with Gasteiger partial charge in [-0.2, -0.15) is 0 Å². The molecule has 1 amide bonds. The van der Waals surface area contributed by atoms with Crippen LogP contribution in [0.15, 0.2) is 0 Å². The lowest BCUT2D eigenvalue weighted by Gasteiger charge is -2.30. The lowest BCUT2D eigenvalue weighted by atomic mass is 9.97. The Kier molecular flexibility index (Phi) is 5.45. The molecule has 0 aromatic rings. The highest BCUT2D eigenvalue weighted by molar-refractivity contribution is 5.76. The molecule has 18 heavy (non-hydrogen) atoms. The van der Waals surface area contributed by atoms with Crippen LogP contribution in [0.1, 0.15) is 39.0 Å². The van der Waals surface area contributed by atoms with E-state index in [0.29, 0.717) is 12.3 Å². The van der Waals surface area contributed by atoms with Crippen molar-refractivity contribution in [1.82, 2.24) is 10.2 Å². The molecule has 0 saturated carbocycles. The topological polar surface area (TPSA) is 41.6 Å². The highest BCUT2D eigenvalue weighted by Crippen LogP contribution is 2.18. The van der Waals surface area contributed by atoms with Crippen molar-refractivity contribution in [3.05, 3.63) is 0 Å². The van der Waals surface area contributed by atoms with Crippen LogP contribution in [-0.4, -0.2) is 49.7 Å². The fourth-order valence-corrected chi connectivity index (χ4v) is 2.91. The van der Waals surface area contributed by atoms with Crippen molar-refractivity contribution in [3.63, 3.8) is 0 Å². The van der Waals surface area contributed by atoms with E-state index in [-0.39, 0.29) is 12.0 Å². The Bertz CT molecular complexity index is 259. The van der Waals surface area contributed by atoms with E-state index in [0.717, 1.165) is 45.6 Å². The van der Waals surface area contributed by atoms with Crippen LogP contribution in [-0.2, 0) is 9.53 Å². The van der Waals surface area contributed by atoms with Gasteiger partial charge >= 0.3 is 0 Å². The third kappa shape index (κ3) is 3.95. The van der Waals surface area contributed by atoms with Crippen LogP contribution in [0.5, 0.6) is 0 Å². The van der Waals surface area contributed by atoms with E-state index in [1.54, 1.807) is 0 Å². The van der Waals surface area contributed by atoms with Gasteiger partial charge in [0.2, 0.25) is 5.91 Å². The van der Waals surface area contributed by atoms with Gasteiger partial charge in [-0.25, -0.2) is 0 Å². The monoisotopic (exact) mass is 254 g/mol. The van der Waals surface area contributed by atoms with Crippen LogP contribution in [0.4, 0.5) is 0 Å². The molecule has 0 aromatic carbocycles. The number of ether oxygens (including phenoxy) is 1. The summed E-state index contributed by atoms with van der Waals surface area (Å²) in [4.78, 5) is 14.3. The molecule has 0 aliphatic carbocycles. The molecule has 2 aliphatic heterocycles. The highest BCUT2D eigenvalue weighted by atomic mass is 16.5. The standard InChI is InChI=1S/C14H26N2O2/c1-2-16(11-12-5-7-15-8-6-12)14(17)10-13-4-3-9-18-13/h12-13,15H,2-11H2,1H3. The quantitative estimate of drug-likeness (QED) is 0.806. The third-order valence-corrected chi connectivity index (χ3v) is 4.10. The number of hydrogen-bond donors (Lipinski definition) is 1. The average Bonchev–Trinajstić information content (AvgIpc) is 2.90. The molecule has 1 unspecified atom stereocenters. The molecule has 4 nitrogen and oxygen atoms in total. The predicted molar refractivity (Wildman–Crippen MR) is 71.4 cm³/mol. The second-order valence-electron chi connectivity index (χ2n) is 5.46. The molecule has 1 atom stereocenters. The van der Waals surface area contributed by atoms with E-state index in [2.05, 4.69) is 12.2 Å². The molecule has 2 rings (SSSR count). The molecule has 0 aromatic heterocycles. The Morgan fingerprint density at radius 1 is 1.33 bits per heavy atom. The summed E-state index contributed by atoms with van der Waals surface area (Å²) in [7, 11) is 0. The van der Waals surface area contributed by atoms with Crippen LogP contribution < -0.4 is 5.32 Å². The Labute approximate surface area is 110 Å². The van der Waals surface area contributed by atoms with Gasteiger partial charge in [-0.1, -0.05) is 0 Å². The normalized spacial score (nSPS) is 25.3. The van der Waals surface area contributed by atoms with Crippen molar-refractivity contribution in [1.29, 1.82) is 0 Å². The van der Waals surface area contributed by atoms with Crippen LogP contribution >= 0.6 is 0 Å². The summed E-state index contributed by atoms with van der Waals surface area (Å²) >= 11 is 0. The first-order valence-corrected chi connectivity index (χ1v) is 7.39. The minimum atomic E-state index is 0.180. The molecule has 104 valence electrons. The number of hydrogen-bond acceptors (Lipinski definition) is 3. The summed E-state index contributed by atoms with van der Waals surface area (Å²) in [5.74, 6) is 0.961. The Morgan fingerprint density at radius 2 is 2.11 bits per heavy atom. The minimum Gasteiger partial charge on any atom is -0.378 e. The van der Waals surface area contributed by atoms with Gasteiger partial charge in [0.25, 0.3) is 0 Å². The van der Waals surface area contributed by atoms with E-state index < -0.39 is 0 Å². The fraction of sp³-hybridized carbons (Fsp3) is 0.929. The van der Waals surface area contributed by atoms with E-state index >= 15 is 0 Å². The molecule has 0 spiro atoms. The molecule has 1 N–H and O–H groups in total. The number of rotatable bonds is 5. The van der Waals surface area contributed by atoms with Crippen molar-refractivity contribution in [2.75, 3.05) is 32.8 Å². The molecule has 2 aliphatic rings. The first-order chi connectivity index (χ1) is 8.79. The maximum Gasteiger partial charge on any atom is 0.225 e. The molecule has 0 radical (unpaired) electrons. The van der Waals surface area contributed by atoms with Crippen LogP contribution in [0.2, 0.25) is 0 Å². The van der Waals surface area contributed by atoms with Gasteiger partial charge in [-0.15, -0.1) is 0 Å². The zero-order valence-electron chi connectivity index (χ0n) is 11.5. The predicted octanol–water partition coefficient (Wildman–Crippen LogP) is 1.40. The van der Waals surface area contributed by atoms with Crippen LogP contribution in [0.3, 0.4) is 0 Å². The van der Waals surface area contributed by atoms with Crippen molar-refractivity contribution >= 4 is 5.91 Å². The van der Waals surface area contributed by atoms with Gasteiger partial charge in [-0.3, -0.25) is 4.79 Å². The van der Waals surface area contributed by atoms with Gasteiger partial charge < -0.3 is 15.0 Å². The largest absolute Gasteiger partial charge is 0.378 e. The van der Waals surface area contributed by atoms with Crippen LogP contribution in [0.25, 0.3) is 0 Å². The highest BCUT2D eigenvalue weighted by Gasteiger charge is 2.24. The minimum absolute atomic E-state index is 0.180. The lowest BCUT2D eigenvalue weighted by molar-refractivity contribution is -0.134. The zero-order valence-corrected chi connectivity index (χ0v) is 11.5. The molecule has 2 saturated heterocycles. The molecular weight excluding hydrogens is 228 g/mol. The second kappa shape index (κ2) is 7.10. The summed E-state index contributed by atoms with van der Waals surface area (Å²) < 4.78 is 5.55. The van der Waals surface area contributed by atoms with Gasteiger partial charge in [0.1, 0.15) is 0 Å². The summed E-state index contributed by atoms with van der Waals surface area (Å²) in [6.45, 7) is 6.87. The lowest BCUT2D eigenvalue weighted by Crippen LogP contribution is -2.40. The van der Waals surface area contributed by atoms with E-state index in [4.69, 9.17) is 4.74 Å². The molecule has 0 bridgehead atoms. The Hall–Kier alpha value is -0.610.